The smallest absolute Gasteiger partial charge is 0.197 e. The van der Waals surface area contributed by atoms with Gasteiger partial charge in [0.25, 0.3) is 0 Å². The molecule has 0 saturated carbocycles. The van der Waals surface area contributed by atoms with Crippen molar-refractivity contribution in [2.24, 2.45) is 0 Å². The molecule has 3 rings (SSSR count). The molecule has 1 aliphatic rings. The van der Waals surface area contributed by atoms with Gasteiger partial charge in [0.15, 0.2) is 11.5 Å². The van der Waals surface area contributed by atoms with Crippen LogP contribution >= 0.6 is 11.6 Å². The molecule has 0 amide bonds. The Labute approximate surface area is 162 Å². The largest absolute Gasteiger partial charge is 0.394 e. The van der Waals surface area contributed by atoms with E-state index in [-0.39, 0.29) is 18.8 Å². The van der Waals surface area contributed by atoms with E-state index in [2.05, 4.69) is 4.94 Å². The predicted molar refractivity (Wildman–Crippen MR) is 98.3 cm³/mol. The minimum Gasteiger partial charge on any atom is -0.394 e. The van der Waals surface area contributed by atoms with Gasteiger partial charge in [0.1, 0.15) is 0 Å². The first kappa shape index (κ1) is 20.0. The van der Waals surface area contributed by atoms with Gasteiger partial charge in [-0.1, -0.05) is 29.8 Å². The lowest BCUT2D eigenvalue weighted by Gasteiger charge is -2.42. The van der Waals surface area contributed by atoms with Crippen LogP contribution in [0.3, 0.4) is 0 Å². The number of aliphatic hydroxyl groups is 2. The van der Waals surface area contributed by atoms with Crippen LogP contribution < -0.4 is 4.94 Å². The highest BCUT2D eigenvalue weighted by Crippen LogP contribution is 2.40. The molecule has 2 aromatic rings. The molecule has 0 aliphatic carbocycles. The second-order valence-electron chi connectivity index (χ2n) is 6.68. The minimum atomic E-state index is -1.16. The zero-order chi connectivity index (χ0) is 19.4. The summed E-state index contributed by atoms with van der Waals surface area (Å²) in [6.07, 6.45) is -0.0380. The summed E-state index contributed by atoms with van der Waals surface area (Å²) in [5.41, 5.74) is 2.48. The Morgan fingerprint density at radius 3 is 2.63 bits per heavy atom. The zero-order valence-corrected chi connectivity index (χ0v) is 15.7. The Kier molecular flexibility index (Phi) is 6.34. The monoisotopic (exact) mass is 396 g/mol. The molecule has 5 nitrogen and oxygen atoms in total. The molecule has 0 radical (unpaired) electrons. The van der Waals surface area contributed by atoms with E-state index in [9.17, 15) is 14.7 Å². The van der Waals surface area contributed by atoms with E-state index in [1.807, 2.05) is 6.07 Å². The van der Waals surface area contributed by atoms with Gasteiger partial charge in [0.2, 0.25) is 0 Å². The lowest BCUT2D eigenvalue weighted by Crippen LogP contribution is -2.46. The van der Waals surface area contributed by atoms with Crippen molar-refractivity contribution in [2.45, 2.75) is 37.3 Å². The van der Waals surface area contributed by atoms with Crippen molar-refractivity contribution in [1.29, 1.82) is 0 Å². The van der Waals surface area contributed by atoms with Gasteiger partial charge in [-0.3, -0.25) is 4.94 Å². The van der Waals surface area contributed by atoms with E-state index in [4.69, 9.17) is 21.1 Å². The third-order valence-corrected chi connectivity index (χ3v) is 5.19. The summed E-state index contributed by atoms with van der Waals surface area (Å²) in [6.45, 7) is -0.203. The van der Waals surface area contributed by atoms with E-state index in [1.54, 1.807) is 24.3 Å². The third kappa shape index (κ3) is 4.42. The van der Waals surface area contributed by atoms with E-state index < -0.39 is 18.0 Å². The van der Waals surface area contributed by atoms with Crippen LogP contribution in [0, 0.1) is 0 Å². The van der Waals surface area contributed by atoms with E-state index in [0.29, 0.717) is 23.4 Å². The summed E-state index contributed by atoms with van der Waals surface area (Å²) in [5.74, 6) is -1.02. The maximum Gasteiger partial charge on any atom is 0.197 e. The summed E-state index contributed by atoms with van der Waals surface area (Å²) in [4.78, 5) is 3.70. The molecular weight excluding hydrogens is 375 g/mol. The van der Waals surface area contributed by atoms with Crippen molar-refractivity contribution >= 4 is 11.6 Å². The summed E-state index contributed by atoms with van der Waals surface area (Å²) in [6, 6.07) is 12.0. The standard InChI is InChI=1S/C20H22ClFO5/c1-25-20(11-16(24)10-18(12-23)26-20)15-4-7-19(21)14(9-15)8-13-2-5-17(27-22)6-3-13/h2-7,9,16,18,23-24H,8,10-12H2,1H3/t16-,18-,20?/m0/s1. The van der Waals surface area contributed by atoms with Crippen LogP contribution in [-0.2, 0) is 21.7 Å². The molecule has 1 saturated heterocycles. The van der Waals surface area contributed by atoms with Crippen molar-refractivity contribution in [3.63, 3.8) is 0 Å². The summed E-state index contributed by atoms with van der Waals surface area (Å²) < 4.78 is 23.8. The quantitative estimate of drug-likeness (QED) is 0.781. The molecule has 1 fully saturated rings. The molecule has 2 aromatic carbocycles. The Hall–Kier alpha value is -1.70. The third-order valence-electron chi connectivity index (χ3n) is 4.82. The first-order valence-corrected chi connectivity index (χ1v) is 9.06. The molecule has 1 aliphatic heterocycles. The van der Waals surface area contributed by atoms with Crippen LogP contribution in [0.1, 0.15) is 29.5 Å². The summed E-state index contributed by atoms with van der Waals surface area (Å²) in [7, 11) is 1.51. The maximum absolute atomic E-state index is 12.2. The first-order chi connectivity index (χ1) is 13.0. The Morgan fingerprint density at radius 1 is 1.26 bits per heavy atom. The molecule has 27 heavy (non-hydrogen) atoms. The fourth-order valence-electron chi connectivity index (χ4n) is 3.44. The van der Waals surface area contributed by atoms with Gasteiger partial charge >= 0.3 is 0 Å². The van der Waals surface area contributed by atoms with Crippen LogP contribution in [0.5, 0.6) is 5.75 Å². The zero-order valence-electron chi connectivity index (χ0n) is 14.9. The number of benzene rings is 2. The molecule has 1 heterocycles. The highest BCUT2D eigenvalue weighted by atomic mass is 35.5. The van der Waals surface area contributed by atoms with Gasteiger partial charge < -0.3 is 19.7 Å². The lowest BCUT2D eigenvalue weighted by atomic mass is 9.91. The second-order valence-corrected chi connectivity index (χ2v) is 7.08. The summed E-state index contributed by atoms with van der Waals surface area (Å²) >= 11 is 6.36. The van der Waals surface area contributed by atoms with Crippen LogP contribution in [-0.4, -0.2) is 36.1 Å². The van der Waals surface area contributed by atoms with Crippen LogP contribution in [0.2, 0.25) is 5.02 Å². The highest BCUT2D eigenvalue weighted by molar-refractivity contribution is 6.31. The van der Waals surface area contributed by atoms with Crippen LogP contribution in [0.25, 0.3) is 0 Å². The maximum atomic E-state index is 12.2. The van der Waals surface area contributed by atoms with Crippen LogP contribution in [0.4, 0.5) is 4.53 Å². The Balaban J connectivity index is 1.90. The van der Waals surface area contributed by atoms with Gasteiger partial charge in [0.05, 0.1) is 18.8 Å². The minimum absolute atomic E-state index is 0.136. The van der Waals surface area contributed by atoms with Gasteiger partial charge in [-0.15, -0.1) is 0 Å². The molecule has 1 unspecified atom stereocenters. The Morgan fingerprint density at radius 2 is 2.00 bits per heavy atom. The normalized spacial score (nSPS) is 25.4. The average molecular weight is 397 g/mol. The number of methoxy groups -OCH3 is 1. The SMILES string of the molecule is COC1(c2ccc(Cl)c(Cc3ccc(OF)cc3)c2)C[C@@H](O)C[C@@H](CO)O1. The number of hydrogen-bond donors (Lipinski definition) is 2. The van der Waals surface area contributed by atoms with Gasteiger partial charge in [0, 0.05) is 35.1 Å². The van der Waals surface area contributed by atoms with E-state index >= 15 is 0 Å². The van der Waals surface area contributed by atoms with Crippen molar-refractivity contribution in [3.05, 3.63) is 64.2 Å². The topological polar surface area (TPSA) is 68.2 Å². The number of hydrogen-bond acceptors (Lipinski definition) is 5. The molecule has 0 bridgehead atoms. The molecule has 146 valence electrons. The average Bonchev–Trinajstić information content (AvgIpc) is 2.69. The van der Waals surface area contributed by atoms with Crippen molar-refractivity contribution in [1.82, 2.24) is 0 Å². The summed E-state index contributed by atoms with van der Waals surface area (Å²) in [5, 5.41) is 20.3. The van der Waals surface area contributed by atoms with Gasteiger partial charge in [-0.25, -0.2) is 0 Å². The van der Waals surface area contributed by atoms with E-state index in [1.165, 1.54) is 19.2 Å². The van der Waals surface area contributed by atoms with Crippen molar-refractivity contribution in [2.75, 3.05) is 13.7 Å². The molecule has 7 heteroatoms. The van der Waals surface area contributed by atoms with Gasteiger partial charge in [-0.2, -0.15) is 0 Å². The predicted octanol–water partition coefficient (Wildman–Crippen LogP) is 3.53. The molecule has 2 N–H and O–H groups in total. The molecule has 0 spiro atoms. The fraction of sp³-hybridized carbons (Fsp3) is 0.400. The number of rotatable bonds is 6. The van der Waals surface area contributed by atoms with E-state index in [0.717, 1.165) is 11.1 Å². The number of aliphatic hydroxyl groups excluding tert-OH is 2. The first-order valence-electron chi connectivity index (χ1n) is 8.68. The second kappa shape index (κ2) is 8.54. The molecular formula is C20H22ClFO5. The number of ether oxygens (including phenoxy) is 2. The number of halogens is 2. The van der Waals surface area contributed by atoms with Crippen LogP contribution in [0.15, 0.2) is 42.5 Å². The highest BCUT2D eigenvalue weighted by Gasteiger charge is 2.43. The molecule has 0 aromatic heterocycles. The molecule has 3 atom stereocenters. The fourth-order valence-corrected chi connectivity index (χ4v) is 3.62. The van der Waals surface area contributed by atoms with Gasteiger partial charge in [-0.05, 0) is 41.8 Å². The van der Waals surface area contributed by atoms with Crippen molar-refractivity contribution in [3.8, 4) is 5.75 Å². The lowest BCUT2D eigenvalue weighted by molar-refractivity contribution is -0.298. The van der Waals surface area contributed by atoms with Crippen molar-refractivity contribution < 1.29 is 29.2 Å². The Bertz CT molecular complexity index is 769.